The first-order valence-corrected chi connectivity index (χ1v) is 5.43. The second-order valence-electron chi connectivity index (χ2n) is 4.34. The van der Waals surface area contributed by atoms with Crippen LogP contribution in [0.1, 0.15) is 39.5 Å². The van der Waals surface area contributed by atoms with E-state index in [0.29, 0.717) is 11.8 Å². The van der Waals surface area contributed by atoms with Crippen molar-refractivity contribution in [2.24, 2.45) is 11.8 Å². The van der Waals surface area contributed by atoms with E-state index in [1.807, 2.05) is 0 Å². The minimum atomic E-state index is -0.201. The molecule has 0 bridgehead atoms. The molecule has 1 aliphatic rings. The van der Waals surface area contributed by atoms with Crippen LogP contribution in [0.25, 0.3) is 0 Å². The summed E-state index contributed by atoms with van der Waals surface area (Å²) in [6.07, 6.45) is 6.50. The Balaban J connectivity index is 2.71. The van der Waals surface area contributed by atoms with Crippen molar-refractivity contribution in [2.45, 2.75) is 39.5 Å². The van der Waals surface area contributed by atoms with Crippen molar-refractivity contribution in [1.29, 1.82) is 0 Å². The molecule has 0 aromatic carbocycles. The Morgan fingerprint density at radius 2 is 2.21 bits per heavy atom. The molecule has 0 aliphatic heterocycles. The second kappa shape index (κ2) is 5.18. The van der Waals surface area contributed by atoms with Gasteiger partial charge in [-0.05, 0) is 31.1 Å². The molecule has 0 radical (unpaired) electrons. The fraction of sp³-hybridized carbons (Fsp3) is 0.750. The Labute approximate surface area is 86.3 Å². The predicted molar refractivity (Wildman–Crippen MR) is 56.9 cm³/mol. The monoisotopic (exact) mass is 196 g/mol. The Morgan fingerprint density at radius 1 is 1.50 bits per heavy atom. The van der Waals surface area contributed by atoms with Crippen molar-refractivity contribution in [2.75, 3.05) is 7.11 Å². The van der Waals surface area contributed by atoms with Crippen LogP contribution in [0.5, 0.6) is 0 Å². The third kappa shape index (κ3) is 2.86. The zero-order chi connectivity index (χ0) is 10.6. The van der Waals surface area contributed by atoms with Crippen LogP contribution in [0.2, 0.25) is 0 Å². The highest BCUT2D eigenvalue weighted by Gasteiger charge is 2.22. The van der Waals surface area contributed by atoms with E-state index in [-0.39, 0.29) is 5.97 Å². The molecule has 0 heterocycles. The van der Waals surface area contributed by atoms with E-state index in [2.05, 4.69) is 18.6 Å². The fourth-order valence-corrected chi connectivity index (χ4v) is 2.22. The van der Waals surface area contributed by atoms with Crippen LogP contribution in [0, 0.1) is 11.8 Å². The van der Waals surface area contributed by atoms with Gasteiger partial charge in [-0.25, -0.2) is 4.79 Å². The standard InChI is InChI=1S/C12H20O2/c1-9(2)11-7-5-4-6-10(11)8-12(13)14-3/h8-9,11H,4-7H2,1-3H3/b10-8-. The van der Waals surface area contributed by atoms with Crippen molar-refractivity contribution in [3.8, 4) is 0 Å². The first-order chi connectivity index (χ1) is 6.65. The van der Waals surface area contributed by atoms with Gasteiger partial charge in [-0.15, -0.1) is 0 Å². The molecule has 0 aromatic heterocycles. The number of carbonyl (C=O) groups excluding carboxylic acids is 1. The molecule has 0 saturated heterocycles. The molecule has 2 heteroatoms. The number of methoxy groups -OCH3 is 1. The average molecular weight is 196 g/mol. The molecule has 14 heavy (non-hydrogen) atoms. The van der Waals surface area contributed by atoms with Crippen molar-refractivity contribution in [3.63, 3.8) is 0 Å². The van der Waals surface area contributed by atoms with Gasteiger partial charge in [0, 0.05) is 6.08 Å². The highest BCUT2D eigenvalue weighted by molar-refractivity contribution is 5.82. The molecule has 1 atom stereocenters. The molecule has 1 saturated carbocycles. The van der Waals surface area contributed by atoms with Gasteiger partial charge in [0.2, 0.25) is 0 Å². The molecule has 1 unspecified atom stereocenters. The summed E-state index contributed by atoms with van der Waals surface area (Å²) < 4.78 is 4.67. The van der Waals surface area contributed by atoms with Crippen molar-refractivity contribution < 1.29 is 9.53 Å². The van der Waals surface area contributed by atoms with Crippen LogP contribution in [0.3, 0.4) is 0 Å². The van der Waals surface area contributed by atoms with E-state index in [0.717, 1.165) is 6.42 Å². The van der Waals surface area contributed by atoms with Gasteiger partial charge in [-0.3, -0.25) is 0 Å². The Bertz CT molecular complexity index is 228. The van der Waals surface area contributed by atoms with Gasteiger partial charge in [-0.1, -0.05) is 25.8 Å². The molecule has 1 fully saturated rings. The normalized spacial score (nSPS) is 25.4. The van der Waals surface area contributed by atoms with Crippen LogP contribution < -0.4 is 0 Å². The third-order valence-corrected chi connectivity index (χ3v) is 3.02. The number of esters is 1. The molecule has 0 amide bonds. The van der Waals surface area contributed by atoms with E-state index >= 15 is 0 Å². The number of rotatable bonds is 2. The second-order valence-corrected chi connectivity index (χ2v) is 4.34. The summed E-state index contributed by atoms with van der Waals surface area (Å²) in [5.41, 5.74) is 1.29. The van der Waals surface area contributed by atoms with Gasteiger partial charge in [0.05, 0.1) is 7.11 Å². The summed E-state index contributed by atoms with van der Waals surface area (Å²) in [7, 11) is 1.44. The molecule has 2 nitrogen and oxygen atoms in total. The van der Waals surface area contributed by atoms with Gasteiger partial charge in [-0.2, -0.15) is 0 Å². The lowest BCUT2D eigenvalue weighted by Gasteiger charge is -2.28. The Hall–Kier alpha value is -0.790. The molecule has 0 N–H and O–H groups in total. The van der Waals surface area contributed by atoms with Gasteiger partial charge in [0.1, 0.15) is 0 Å². The van der Waals surface area contributed by atoms with Gasteiger partial charge in [0.25, 0.3) is 0 Å². The molecule has 0 aromatic rings. The minimum absolute atomic E-state index is 0.201. The molecule has 1 aliphatic carbocycles. The third-order valence-electron chi connectivity index (χ3n) is 3.02. The summed E-state index contributed by atoms with van der Waals surface area (Å²) in [5, 5.41) is 0. The van der Waals surface area contributed by atoms with Crippen molar-refractivity contribution in [3.05, 3.63) is 11.6 Å². The lowest BCUT2D eigenvalue weighted by molar-refractivity contribution is -0.134. The maximum absolute atomic E-state index is 11.1. The van der Waals surface area contributed by atoms with Crippen LogP contribution in [0.4, 0.5) is 0 Å². The largest absolute Gasteiger partial charge is 0.466 e. The van der Waals surface area contributed by atoms with E-state index in [1.165, 1.54) is 31.9 Å². The van der Waals surface area contributed by atoms with Gasteiger partial charge < -0.3 is 4.74 Å². The minimum Gasteiger partial charge on any atom is -0.466 e. The average Bonchev–Trinajstić information content (AvgIpc) is 2.18. The smallest absolute Gasteiger partial charge is 0.330 e. The molecule has 80 valence electrons. The SMILES string of the molecule is COC(=O)/C=C1/CCCCC1C(C)C. The van der Waals surface area contributed by atoms with E-state index < -0.39 is 0 Å². The lowest BCUT2D eigenvalue weighted by atomic mass is 9.77. The fourth-order valence-electron chi connectivity index (χ4n) is 2.22. The quantitative estimate of drug-likeness (QED) is 0.501. The summed E-state index contributed by atoms with van der Waals surface area (Å²) in [4.78, 5) is 11.1. The zero-order valence-electron chi connectivity index (χ0n) is 9.38. The maximum Gasteiger partial charge on any atom is 0.330 e. The predicted octanol–water partition coefficient (Wildman–Crippen LogP) is 2.93. The first-order valence-electron chi connectivity index (χ1n) is 5.43. The highest BCUT2D eigenvalue weighted by atomic mass is 16.5. The zero-order valence-corrected chi connectivity index (χ0v) is 9.38. The number of hydrogen-bond acceptors (Lipinski definition) is 2. The van der Waals surface area contributed by atoms with Crippen molar-refractivity contribution >= 4 is 5.97 Å². The lowest BCUT2D eigenvalue weighted by Crippen LogP contribution is -2.17. The molecular weight excluding hydrogens is 176 g/mol. The van der Waals surface area contributed by atoms with Crippen molar-refractivity contribution in [1.82, 2.24) is 0 Å². The number of carbonyl (C=O) groups is 1. The van der Waals surface area contributed by atoms with E-state index in [1.54, 1.807) is 6.08 Å². The maximum atomic E-state index is 11.1. The van der Waals surface area contributed by atoms with Gasteiger partial charge in [0.15, 0.2) is 0 Å². The summed E-state index contributed by atoms with van der Waals surface area (Å²) in [6.45, 7) is 4.45. The number of allylic oxidation sites excluding steroid dienone is 1. The Kier molecular flexibility index (Phi) is 4.18. The Morgan fingerprint density at radius 3 is 2.79 bits per heavy atom. The summed E-state index contributed by atoms with van der Waals surface area (Å²) >= 11 is 0. The first kappa shape index (κ1) is 11.3. The van der Waals surface area contributed by atoms with Crippen LogP contribution in [-0.2, 0) is 9.53 Å². The molecular formula is C12H20O2. The topological polar surface area (TPSA) is 26.3 Å². The molecule has 0 spiro atoms. The summed E-state index contributed by atoms with van der Waals surface area (Å²) in [5.74, 6) is 1.02. The van der Waals surface area contributed by atoms with E-state index in [4.69, 9.17) is 0 Å². The summed E-state index contributed by atoms with van der Waals surface area (Å²) in [6, 6.07) is 0. The molecule has 1 rings (SSSR count). The number of ether oxygens (including phenoxy) is 1. The van der Waals surface area contributed by atoms with Gasteiger partial charge >= 0.3 is 5.97 Å². The van der Waals surface area contributed by atoms with Crippen LogP contribution in [-0.4, -0.2) is 13.1 Å². The van der Waals surface area contributed by atoms with Crippen LogP contribution in [0.15, 0.2) is 11.6 Å². The highest BCUT2D eigenvalue weighted by Crippen LogP contribution is 2.34. The van der Waals surface area contributed by atoms with Crippen LogP contribution >= 0.6 is 0 Å². The van der Waals surface area contributed by atoms with E-state index in [9.17, 15) is 4.79 Å². The number of hydrogen-bond donors (Lipinski definition) is 0.